The van der Waals surface area contributed by atoms with Gasteiger partial charge in [0.15, 0.2) is 6.29 Å². The zero-order chi connectivity index (χ0) is 7.98. The Labute approximate surface area is 61.6 Å². The third-order valence-corrected chi connectivity index (χ3v) is 1.06. The first-order valence-corrected chi connectivity index (χ1v) is 3.60. The quantitative estimate of drug-likeness (QED) is 0.441. The van der Waals surface area contributed by atoms with Crippen LogP contribution in [0.5, 0.6) is 0 Å². The number of aliphatic hydroxyl groups is 2. The predicted octanol–water partition coefficient (Wildman–Crippen LogP) is 0.502. The van der Waals surface area contributed by atoms with Crippen LogP contribution in [0.4, 0.5) is 0 Å². The molecule has 0 aliphatic carbocycles. The van der Waals surface area contributed by atoms with E-state index in [2.05, 4.69) is 0 Å². The minimum atomic E-state index is -1.18. The molecule has 0 unspecified atom stereocenters. The zero-order valence-corrected chi connectivity index (χ0v) is 6.58. The molecule has 0 aromatic carbocycles. The molecule has 0 amide bonds. The van der Waals surface area contributed by atoms with Gasteiger partial charge in [-0.2, -0.15) is 0 Å². The van der Waals surface area contributed by atoms with Crippen molar-refractivity contribution in [2.75, 3.05) is 6.61 Å². The number of hydrogen-bond acceptors (Lipinski definition) is 3. The minimum absolute atomic E-state index is 0.232. The average molecular weight is 148 g/mol. The lowest BCUT2D eigenvalue weighted by atomic mass is 10.3. The van der Waals surface area contributed by atoms with Crippen LogP contribution in [0.15, 0.2) is 0 Å². The molecule has 3 nitrogen and oxygen atoms in total. The average Bonchev–Trinajstić information content (AvgIpc) is 1.79. The number of rotatable bonds is 5. The van der Waals surface area contributed by atoms with Crippen LogP contribution >= 0.6 is 0 Å². The third-order valence-electron chi connectivity index (χ3n) is 1.06. The van der Waals surface area contributed by atoms with Crippen molar-refractivity contribution < 1.29 is 14.9 Å². The molecular weight excluding hydrogens is 132 g/mol. The van der Waals surface area contributed by atoms with Crippen molar-refractivity contribution in [1.29, 1.82) is 0 Å². The van der Waals surface area contributed by atoms with Gasteiger partial charge in [-0.1, -0.05) is 0 Å². The highest BCUT2D eigenvalue weighted by Gasteiger charge is 1.97. The van der Waals surface area contributed by atoms with E-state index in [9.17, 15) is 0 Å². The normalized spacial score (nSPS) is 11.4. The summed E-state index contributed by atoms with van der Waals surface area (Å²) in [7, 11) is 0. The van der Waals surface area contributed by atoms with Gasteiger partial charge in [-0.15, -0.1) is 0 Å². The highest BCUT2D eigenvalue weighted by Crippen LogP contribution is 1.96. The minimum Gasteiger partial charge on any atom is -0.379 e. The van der Waals surface area contributed by atoms with Crippen molar-refractivity contribution in [3.63, 3.8) is 0 Å². The molecule has 0 atom stereocenters. The van der Waals surface area contributed by atoms with Crippen LogP contribution in [0.25, 0.3) is 0 Å². The fraction of sp³-hybridized carbons (Fsp3) is 1.00. The molecule has 10 heavy (non-hydrogen) atoms. The second-order valence-corrected chi connectivity index (χ2v) is 2.54. The van der Waals surface area contributed by atoms with Crippen LogP contribution in [0, 0.1) is 0 Å². The van der Waals surface area contributed by atoms with Gasteiger partial charge >= 0.3 is 0 Å². The molecule has 0 spiro atoms. The van der Waals surface area contributed by atoms with Gasteiger partial charge in [-0.05, 0) is 20.3 Å². The Balaban J connectivity index is 2.91. The van der Waals surface area contributed by atoms with Crippen LogP contribution in [0.1, 0.15) is 26.7 Å². The summed E-state index contributed by atoms with van der Waals surface area (Å²) in [5.41, 5.74) is 0. The lowest BCUT2D eigenvalue weighted by molar-refractivity contribution is -0.0522. The van der Waals surface area contributed by atoms with E-state index >= 15 is 0 Å². The maximum Gasteiger partial charge on any atom is 0.151 e. The Morgan fingerprint density at radius 3 is 2.30 bits per heavy atom. The molecule has 0 saturated carbocycles. The molecule has 0 saturated heterocycles. The Hall–Kier alpha value is -0.120. The molecule has 2 N–H and O–H groups in total. The maximum absolute atomic E-state index is 8.42. The monoisotopic (exact) mass is 148 g/mol. The lowest BCUT2D eigenvalue weighted by Crippen LogP contribution is -2.08. The Morgan fingerprint density at radius 1 is 1.30 bits per heavy atom. The Bertz CT molecular complexity index is 61.3. The van der Waals surface area contributed by atoms with Gasteiger partial charge in [0.1, 0.15) is 0 Å². The van der Waals surface area contributed by atoms with Crippen LogP contribution < -0.4 is 0 Å². The zero-order valence-electron chi connectivity index (χ0n) is 6.58. The van der Waals surface area contributed by atoms with Crippen LogP contribution in [0.3, 0.4) is 0 Å². The van der Waals surface area contributed by atoms with Gasteiger partial charge < -0.3 is 14.9 Å². The summed E-state index contributed by atoms with van der Waals surface area (Å²) < 4.78 is 5.17. The maximum atomic E-state index is 8.42. The lowest BCUT2D eigenvalue weighted by Gasteiger charge is -2.07. The summed E-state index contributed by atoms with van der Waals surface area (Å²) in [5, 5.41) is 16.8. The molecule has 0 aliphatic rings. The van der Waals surface area contributed by atoms with Gasteiger partial charge in [0.25, 0.3) is 0 Å². The van der Waals surface area contributed by atoms with Crippen molar-refractivity contribution >= 4 is 0 Å². The summed E-state index contributed by atoms with van der Waals surface area (Å²) in [6.07, 6.45) is 0.148. The van der Waals surface area contributed by atoms with E-state index in [1.165, 1.54) is 0 Å². The van der Waals surface area contributed by atoms with E-state index in [0.717, 1.165) is 0 Å². The molecule has 0 fully saturated rings. The summed E-state index contributed by atoms with van der Waals surface area (Å²) >= 11 is 0. The van der Waals surface area contributed by atoms with E-state index in [1.807, 2.05) is 13.8 Å². The summed E-state index contributed by atoms with van der Waals surface area (Å²) in [6, 6.07) is 0. The number of hydrogen-bond donors (Lipinski definition) is 2. The van der Waals surface area contributed by atoms with Crippen molar-refractivity contribution in [2.24, 2.45) is 0 Å². The first kappa shape index (κ1) is 9.88. The topological polar surface area (TPSA) is 49.7 Å². The van der Waals surface area contributed by atoms with E-state index in [-0.39, 0.29) is 6.10 Å². The first-order chi connectivity index (χ1) is 4.63. The van der Waals surface area contributed by atoms with E-state index in [0.29, 0.717) is 19.4 Å². The molecule has 62 valence electrons. The second kappa shape index (κ2) is 5.65. The largest absolute Gasteiger partial charge is 0.379 e. The van der Waals surface area contributed by atoms with E-state index in [4.69, 9.17) is 14.9 Å². The molecule has 0 radical (unpaired) electrons. The summed E-state index contributed by atoms with van der Waals surface area (Å²) in [6.45, 7) is 4.51. The summed E-state index contributed by atoms with van der Waals surface area (Å²) in [4.78, 5) is 0. The molecular formula is C7H16O3. The summed E-state index contributed by atoms with van der Waals surface area (Å²) in [5.74, 6) is 0. The first-order valence-electron chi connectivity index (χ1n) is 3.60. The van der Waals surface area contributed by atoms with Crippen molar-refractivity contribution in [3.05, 3.63) is 0 Å². The second-order valence-electron chi connectivity index (χ2n) is 2.54. The SMILES string of the molecule is CC(C)OCCCC(O)O. The van der Waals surface area contributed by atoms with E-state index in [1.54, 1.807) is 0 Å². The predicted molar refractivity (Wildman–Crippen MR) is 38.5 cm³/mol. The standard InChI is InChI=1S/C7H16O3/c1-6(2)10-5-3-4-7(8)9/h6-9H,3-5H2,1-2H3. The fourth-order valence-corrected chi connectivity index (χ4v) is 0.585. The van der Waals surface area contributed by atoms with Crippen LogP contribution in [-0.4, -0.2) is 29.2 Å². The molecule has 0 rings (SSSR count). The highest BCUT2D eigenvalue weighted by atomic mass is 16.5. The molecule has 3 heteroatoms. The van der Waals surface area contributed by atoms with Crippen molar-refractivity contribution in [2.45, 2.75) is 39.1 Å². The number of ether oxygens (including phenoxy) is 1. The highest BCUT2D eigenvalue weighted by molar-refractivity contribution is 4.42. The van der Waals surface area contributed by atoms with Crippen molar-refractivity contribution in [3.8, 4) is 0 Å². The van der Waals surface area contributed by atoms with Gasteiger partial charge in [0, 0.05) is 13.0 Å². The van der Waals surface area contributed by atoms with Gasteiger partial charge in [-0.3, -0.25) is 0 Å². The third kappa shape index (κ3) is 7.88. The molecule has 0 aromatic rings. The molecule has 0 heterocycles. The van der Waals surface area contributed by atoms with Gasteiger partial charge in [0.2, 0.25) is 0 Å². The Morgan fingerprint density at radius 2 is 1.90 bits per heavy atom. The van der Waals surface area contributed by atoms with Gasteiger partial charge in [-0.25, -0.2) is 0 Å². The molecule has 0 aliphatic heterocycles. The van der Waals surface area contributed by atoms with Gasteiger partial charge in [0.05, 0.1) is 6.10 Å². The molecule has 0 bridgehead atoms. The van der Waals surface area contributed by atoms with Crippen molar-refractivity contribution in [1.82, 2.24) is 0 Å². The van der Waals surface area contributed by atoms with E-state index < -0.39 is 6.29 Å². The smallest absolute Gasteiger partial charge is 0.151 e. The fourth-order valence-electron chi connectivity index (χ4n) is 0.585. The Kier molecular flexibility index (Phi) is 5.58. The van der Waals surface area contributed by atoms with Crippen LogP contribution in [-0.2, 0) is 4.74 Å². The molecule has 0 aromatic heterocycles. The number of aliphatic hydroxyl groups excluding tert-OH is 1. The van der Waals surface area contributed by atoms with Crippen LogP contribution in [0.2, 0.25) is 0 Å².